The van der Waals surface area contributed by atoms with Crippen LogP contribution in [-0.4, -0.2) is 4.57 Å². The molecule has 2 aromatic heterocycles. The van der Waals surface area contributed by atoms with Gasteiger partial charge in [-0.2, -0.15) is 0 Å². The molecule has 0 aliphatic carbocycles. The van der Waals surface area contributed by atoms with Gasteiger partial charge in [-0.25, -0.2) is 0 Å². The number of hydrogen-bond donors (Lipinski definition) is 0. The fraction of sp³-hybridized carbons (Fsp3) is 0.217. The first kappa shape index (κ1) is 14.6. The van der Waals surface area contributed by atoms with Gasteiger partial charge >= 0.3 is 0 Å². The van der Waals surface area contributed by atoms with Crippen LogP contribution in [0.4, 0.5) is 0 Å². The molecule has 5 rings (SSSR count). The summed E-state index contributed by atoms with van der Waals surface area (Å²) >= 11 is 0. The maximum atomic E-state index is 6.29. The van der Waals surface area contributed by atoms with Crippen LogP contribution in [0.25, 0.3) is 43.7 Å². The van der Waals surface area contributed by atoms with Crippen LogP contribution in [0.1, 0.15) is 25.3 Å². The monoisotopic (exact) mass is 327 g/mol. The zero-order valence-corrected chi connectivity index (χ0v) is 14.7. The molecule has 0 amide bonds. The van der Waals surface area contributed by atoms with E-state index in [1.54, 1.807) is 0 Å². The lowest BCUT2D eigenvalue weighted by Crippen LogP contribution is -1.87. The minimum Gasteiger partial charge on any atom is -0.455 e. The summed E-state index contributed by atoms with van der Waals surface area (Å²) in [5, 5.41) is 4.94. The number of furan rings is 1. The van der Waals surface area contributed by atoms with Crippen molar-refractivity contribution in [1.29, 1.82) is 0 Å². The second kappa shape index (κ2) is 5.38. The Kier molecular flexibility index (Phi) is 3.14. The zero-order chi connectivity index (χ0) is 17.0. The van der Waals surface area contributed by atoms with Gasteiger partial charge in [0.05, 0.1) is 10.9 Å². The van der Waals surface area contributed by atoms with Crippen molar-refractivity contribution in [2.75, 3.05) is 0 Å². The Bertz CT molecular complexity index is 1240. The summed E-state index contributed by atoms with van der Waals surface area (Å²) in [6.45, 7) is 2.24. The molecule has 2 heterocycles. The molecule has 0 aliphatic rings. The third-order valence-corrected chi connectivity index (χ3v) is 5.40. The molecule has 0 fully saturated rings. The van der Waals surface area contributed by atoms with Gasteiger partial charge in [-0.1, -0.05) is 37.6 Å². The topological polar surface area (TPSA) is 18.1 Å². The standard InChI is InChI=1S/C23H21NO/c1-3-4-7-15-10-12-19-18(14-15)22-20(24(19)2)13-11-17-16-8-5-6-9-21(16)25-23(17)22/h5-6,8-14H,3-4,7H2,1-2H3. The third-order valence-electron chi connectivity index (χ3n) is 5.40. The SMILES string of the molecule is CCCCc1ccc2c(c1)c1c3oc4ccccc4c3ccc1n2C. The average Bonchev–Trinajstić information content (AvgIpc) is 3.16. The normalized spacial score (nSPS) is 12.1. The first-order valence-corrected chi connectivity index (χ1v) is 9.09. The molecule has 3 aromatic carbocycles. The minimum absolute atomic E-state index is 0.962. The van der Waals surface area contributed by atoms with Gasteiger partial charge in [0.1, 0.15) is 11.2 Å². The molecule has 0 radical (unpaired) electrons. The van der Waals surface area contributed by atoms with Crippen molar-refractivity contribution in [3.8, 4) is 0 Å². The number of para-hydroxylation sites is 1. The number of aromatic nitrogens is 1. The summed E-state index contributed by atoms with van der Waals surface area (Å²) in [6.07, 6.45) is 3.59. The van der Waals surface area contributed by atoms with Crippen molar-refractivity contribution in [2.45, 2.75) is 26.2 Å². The largest absolute Gasteiger partial charge is 0.455 e. The smallest absolute Gasteiger partial charge is 0.145 e. The van der Waals surface area contributed by atoms with Gasteiger partial charge in [0.25, 0.3) is 0 Å². The Labute approximate surface area is 146 Å². The van der Waals surface area contributed by atoms with Crippen molar-refractivity contribution < 1.29 is 4.42 Å². The number of fused-ring (bicyclic) bond motifs is 7. The van der Waals surface area contributed by atoms with E-state index in [2.05, 4.69) is 67.1 Å². The molecule has 25 heavy (non-hydrogen) atoms. The molecule has 0 spiro atoms. The number of unbranched alkanes of at least 4 members (excludes halogenated alkanes) is 1. The summed E-state index contributed by atoms with van der Waals surface area (Å²) in [7, 11) is 2.14. The van der Waals surface area contributed by atoms with E-state index in [0.29, 0.717) is 0 Å². The fourth-order valence-electron chi connectivity index (χ4n) is 4.06. The van der Waals surface area contributed by atoms with Gasteiger partial charge in [-0.15, -0.1) is 0 Å². The first-order chi connectivity index (χ1) is 12.3. The van der Waals surface area contributed by atoms with E-state index >= 15 is 0 Å². The predicted octanol–water partition coefficient (Wildman–Crippen LogP) is 6.57. The lowest BCUT2D eigenvalue weighted by molar-refractivity contribution is 0.673. The van der Waals surface area contributed by atoms with E-state index in [0.717, 1.165) is 17.6 Å². The molecule has 0 saturated heterocycles. The van der Waals surface area contributed by atoms with Crippen LogP contribution in [0.5, 0.6) is 0 Å². The van der Waals surface area contributed by atoms with Crippen molar-refractivity contribution in [2.24, 2.45) is 7.05 Å². The Morgan fingerprint density at radius 1 is 0.880 bits per heavy atom. The maximum absolute atomic E-state index is 6.29. The quantitative estimate of drug-likeness (QED) is 0.366. The Balaban J connectivity index is 1.92. The van der Waals surface area contributed by atoms with E-state index in [9.17, 15) is 0 Å². The molecule has 2 heteroatoms. The summed E-state index contributed by atoms with van der Waals surface area (Å²) in [4.78, 5) is 0. The van der Waals surface area contributed by atoms with Gasteiger partial charge in [-0.3, -0.25) is 0 Å². The Morgan fingerprint density at radius 2 is 1.72 bits per heavy atom. The highest BCUT2D eigenvalue weighted by atomic mass is 16.3. The average molecular weight is 327 g/mol. The van der Waals surface area contributed by atoms with Crippen LogP contribution in [0.2, 0.25) is 0 Å². The third kappa shape index (κ3) is 2.03. The summed E-state index contributed by atoms with van der Waals surface area (Å²) in [6, 6.07) is 19.6. The number of aryl methyl sites for hydroxylation is 2. The summed E-state index contributed by atoms with van der Waals surface area (Å²) < 4.78 is 8.57. The molecular weight excluding hydrogens is 306 g/mol. The molecule has 0 bridgehead atoms. The van der Waals surface area contributed by atoms with Crippen LogP contribution in [-0.2, 0) is 13.5 Å². The lowest BCUT2D eigenvalue weighted by Gasteiger charge is -2.01. The van der Waals surface area contributed by atoms with Crippen molar-refractivity contribution in [1.82, 2.24) is 4.57 Å². The van der Waals surface area contributed by atoms with Crippen molar-refractivity contribution in [3.63, 3.8) is 0 Å². The van der Waals surface area contributed by atoms with Crippen LogP contribution in [0, 0.1) is 0 Å². The zero-order valence-electron chi connectivity index (χ0n) is 14.7. The van der Waals surface area contributed by atoms with Crippen LogP contribution < -0.4 is 0 Å². The summed E-state index contributed by atoms with van der Waals surface area (Å²) in [5.41, 5.74) is 5.88. The number of nitrogens with zero attached hydrogens (tertiary/aromatic N) is 1. The van der Waals surface area contributed by atoms with Crippen molar-refractivity contribution >= 4 is 43.7 Å². The second-order valence-corrected chi connectivity index (χ2v) is 6.95. The van der Waals surface area contributed by atoms with Crippen LogP contribution in [0.3, 0.4) is 0 Å². The van der Waals surface area contributed by atoms with Crippen molar-refractivity contribution in [3.05, 3.63) is 60.2 Å². The van der Waals surface area contributed by atoms with Gasteiger partial charge < -0.3 is 8.98 Å². The molecule has 0 N–H and O–H groups in total. The van der Waals surface area contributed by atoms with Gasteiger partial charge in [-0.05, 0) is 48.7 Å². The Hall–Kier alpha value is -2.74. The van der Waals surface area contributed by atoms with Gasteiger partial charge in [0.2, 0.25) is 0 Å². The maximum Gasteiger partial charge on any atom is 0.145 e. The van der Waals surface area contributed by atoms with E-state index in [4.69, 9.17) is 4.42 Å². The highest BCUT2D eigenvalue weighted by molar-refractivity contribution is 6.23. The summed E-state index contributed by atoms with van der Waals surface area (Å²) in [5.74, 6) is 0. The van der Waals surface area contributed by atoms with Gasteiger partial charge in [0.15, 0.2) is 0 Å². The van der Waals surface area contributed by atoms with E-state index in [1.807, 2.05) is 6.07 Å². The van der Waals surface area contributed by atoms with Gasteiger partial charge in [0, 0.05) is 28.7 Å². The highest BCUT2D eigenvalue weighted by Gasteiger charge is 2.16. The van der Waals surface area contributed by atoms with E-state index < -0.39 is 0 Å². The number of benzene rings is 3. The Morgan fingerprint density at radius 3 is 2.60 bits per heavy atom. The molecule has 0 aliphatic heterocycles. The molecular formula is C23H21NO. The lowest BCUT2D eigenvalue weighted by atomic mass is 10.0. The molecule has 0 saturated carbocycles. The van der Waals surface area contributed by atoms with Crippen LogP contribution in [0.15, 0.2) is 59.0 Å². The molecule has 124 valence electrons. The molecule has 5 aromatic rings. The van der Waals surface area contributed by atoms with E-state index in [1.165, 1.54) is 51.0 Å². The fourth-order valence-corrected chi connectivity index (χ4v) is 4.06. The molecule has 0 atom stereocenters. The number of rotatable bonds is 3. The number of hydrogen-bond acceptors (Lipinski definition) is 1. The minimum atomic E-state index is 0.962. The van der Waals surface area contributed by atoms with E-state index in [-0.39, 0.29) is 0 Å². The molecule has 2 nitrogen and oxygen atoms in total. The second-order valence-electron chi connectivity index (χ2n) is 6.95. The first-order valence-electron chi connectivity index (χ1n) is 9.09. The van der Waals surface area contributed by atoms with Crippen LogP contribution >= 0.6 is 0 Å². The predicted molar refractivity (Wildman–Crippen MR) is 106 cm³/mol. The highest BCUT2D eigenvalue weighted by Crippen LogP contribution is 2.39. The molecule has 0 unspecified atom stereocenters.